The van der Waals surface area contributed by atoms with E-state index in [4.69, 9.17) is 4.74 Å². The van der Waals surface area contributed by atoms with E-state index >= 15 is 0 Å². The number of cyclic esters (lactones) is 1. The molecule has 2 aromatic rings. The number of benzene rings is 2. The minimum Gasteiger partial charge on any atom is -0.461 e. The summed E-state index contributed by atoms with van der Waals surface area (Å²) in [5.74, 6) is -2.27. The summed E-state index contributed by atoms with van der Waals surface area (Å²) in [6.07, 6.45) is 8.12. The molecule has 2 saturated heterocycles. The molecule has 8 heteroatoms. The Hall–Kier alpha value is -3.36. The molecule has 1 spiro atoms. The van der Waals surface area contributed by atoms with Gasteiger partial charge in [-0.2, -0.15) is 0 Å². The van der Waals surface area contributed by atoms with Crippen LogP contribution in [0.1, 0.15) is 11.1 Å². The monoisotopic (exact) mass is 530 g/mol. The zero-order valence-electron chi connectivity index (χ0n) is 20.9. The molecule has 4 aliphatic rings. The van der Waals surface area contributed by atoms with Crippen molar-refractivity contribution in [2.75, 3.05) is 19.8 Å². The van der Waals surface area contributed by atoms with Gasteiger partial charge in [0, 0.05) is 18.3 Å². The molecule has 1 N–H and O–H groups in total. The van der Waals surface area contributed by atoms with Crippen LogP contribution < -0.4 is 0 Å². The Morgan fingerprint density at radius 2 is 1.68 bits per heavy atom. The van der Waals surface area contributed by atoms with Crippen molar-refractivity contribution in [1.29, 1.82) is 0 Å². The van der Waals surface area contributed by atoms with E-state index in [0.717, 1.165) is 11.1 Å². The summed E-state index contributed by atoms with van der Waals surface area (Å²) in [6.45, 7) is 0.698. The summed E-state index contributed by atoms with van der Waals surface area (Å²) in [4.78, 5) is 45.3. The number of esters is 1. The van der Waals surface area contributed by atoms with Crippen molar-refractivity contribution in [2.45, 2.75) is 35.0 Å². The second-order valence-corrected chi connectivity index (χ2v) is 11.8. The topological polar surface area (TPSA) is 87.2 Å². The van der Waals surface area contributed by atoms with Gasteiger partial charge in [-0.3, -0.25) is 14.4 Å². The highest BCUT2D eigenvalue weighted by Crippen LogP contribution is 2.61. The van der Waals surface area contributed by atoms with Gasteiger partial charge in [0.2, 0.25) is 11.8 Å². The molecule has 1 unspecified atom stereocenters. The lowest BCUT2D eigenvalue weighted by Crippen LogP contribution is -2.56. The second-order valence-electron chi connectivity index (χ2n) is 10.3. The van der Waals surface area contributed by atoms with E-state index in [2.05, 4.69) is 0 Å². The largest absolute Gasteiger partial charge is 0.461 e. The lowest BCUT2D eigenvalue weighted by Gasteiger charge is -2.38. The molecule has 0 aromatic heterocycles. The standard InChI is InChI=1S/C30H30N2O5S/c33-19-22(17-20-9-3-1-4-10-20)32-26-28(35)31(18-21-11-5-2-6-12-21)15-8-14-30(26)25(27(32)34)24-23(38-30)13-7-16-37-29(24)36/h1-14,22-26,33H,15-19H2/t22-,23-,24+,25+,26?,30+/m1/s1. The maximum absolute atomic E-state index is 14.4. The molecular formula is C30H30N2O5S. The number of hydrogen-bond donors (Lipinski definition) is 1. The van der Waals surface area contributed by atoms with Gasteiger partial charge < -0.3 is 19.6 Å². The average molecular weight is 531 g/mol. The molecule has 4 aliphatic heterocycles. The van der Waals surface area contributed by atoms with Crippen LogP contribution in [0.5, 0.6) is 0 Å². The van der Waals surface area contributed by atoms with Crippen molar-refractivity contribution >= 4 is 29.5 Å². The number of carbonyl (C=O) groups is 3. The lowest BCUT2D eigenvalue weighted by molar-refractivity contribution is -0.152. The van der Waals surface area contributed by atoms with E-state index in [0.29, 0.717) is 19.5 Å². The fraction of sp³-hybridized carbons (Fsp3) is 0.367. The number of thioether (sulfide) groups is 1. The van der Waals surface area contributed by atoms with Gasteiger partial charge in [0.05, 0.1) is 29.2 Å². The molecule has 38 heavy (non-hydrogen) atoms. The average Bonchev–Trinajstić information content (AvgIpc) is 3.25. The number of hydrogen-bond acceptors (Lipinski definition) is 6. The number of likely N-dealkylation sites (tertiary alicyclic amines) is 1. The summed E-state index contributed by atoms with van der Waals surface area (Å²) < 4.78 is 4.52. The van der Waals surface area contributed by atoms with Gasteiger partial charge in [0.1, 0.15) is 12.6 Å². The number of rotatable bonds is 6. The number of aliphatic hydroxyl groups excluding tert-OH is 1. The fourth-order valence-corrected chi connectivity index (χ4v) is 8.42. The number of aliphatic hydroxyl groups is 1. The first-order valence-electron chi connectivity index (χ1n) is 13.0. The molecule has 0 aliphatic carbocycles. The highest BCUT2D eigenvalue weighted by molar-refractivity contribution is 8.02. The van der Waals surface area contributed by atoms with Crippen LogP contribution in [-0.2, 0) is 32.1 Å². The van der Waals surface area contributed by atoms with Crippen molar-refractivity contribution < 1.29 is 24.2 Å². The van der Waals surface area contributed by atoms with Crippen LogP contribution in [0.2, 0.25) is 0 Å². The summed E-state index contributed by atoms with van der Waals surface area (Å²) in [5, 5.41) is 10.3. The Morgan fingerprint density at radius 3 is 2.39 bits per heavy atom. The third-order valence-corrected chi connectivity index (χ3v) is 9.81. The molecule has 7 nitrogen and oxygen atoms in total. The van der Waals surface area contributed by atoms with Crippen LogP contribution in [0.3, 0.4) is 0 Å². The molecular weight excluding hydrogens is 500 g/mol. The van der Waals surface area contributed by atoms with E-state index in [-0.39, 0.29) is 30.3 Å². The Morgan fingerprint density at radius 1 is 0.974 bits per heavy atom. The zero-order chi connectivity index (χ0) is 26.3. The third-order valence-electron chi connectivity index (χ3n) is 8.07. The van der Waals surface area contributed by atoms with Gasteiger partial charge in [-0.15, -0.1) is 11.8 Å². The molecule has 196 valence electrons. The van der Waals surface area contributed by atoms with E-state index in [9.17, 15) is 19.5 Å². The minimum absolute atomic E-state index is 0.164. The normalized spacial score (nSPS) is 30.8. The number of ether oxygens (including phenoxy) is 1. The first-order valence-corrected chi connectivity index (χ1v) is 13.9. The Labute approximate surface area is 226 Å². The summed E-state index contributed by atoms with van der Waals surface area (Å²) in [6, 6.07) is 18.0. The van der Waals surface area contributed by atoms with Crippen molar-refractivity contribution in [2.24, 2.45) is 11.8 Å². The molecule has 0 radical (unpaired) electrons. The molecule has 2 fully saturated rings. The zero-order valence-corrected chi connectivity index (χ0v) is 21.7. The predicted octanol–water partition coefficient (Wildman–Crippen LogP) is 2.60. The molecule has 0 saturated carbocycles. The maximum Gasteiger partial charge on any atom is 0.311 e. The summed E-state index contributed by atoms with van der Waals surface area (Å²) in [7, 11) is 0. The van der Waals surface area contributed by atoms with Crippen LogP contribution in [0.15, 0.2) is 85.0 Å². The van der Waals surface area contributed by atoms with E-state index in [1.807, 2.05) is 85.0 Å². The van der Waals surface area contributed by atoms with Crippen molar-refractivity contribution in [3.8, 4) is 0 Å². The number of nitrogens with zero attached hydrogens (tertiary/aromatic N) is 2. The Bertz CT molecular complexity index is 1280. The van der Waals surface area contributed by atoms with Crippen LogP contribution in [0.25, 0.3) is 0 Å². The highest BCUT2D eigenvalue weighted by atomic mass is 32.2. The Balaban J connectivity index is 1.43. The molecule has 6 rings (SSSR count). The van der Waals surface area contributed by atoms with E-state index < -0.39 is 34.6 Å². The van der Waals surface area contributed by atoms with Crippen LogP contribution in [0, 0.1) is 11.8 Å². The van der Waals surface area contributed by atoms with Gasteiger partial charge >= 0.3 is 5.97 Å². The number of carbonyl (C=O) groups excluding carboxylic acids is 3. The second kappa shape index (κ2) is 10.1. The van der Waals surface area contributed by atoms with Crippen LogP contribution >= 0.6 is 11.8 Å². The van der Waals surface area contributed by atoms with Gasteiger partial charge in [-0.25, -0.2) is 0 Å². The lowest BCUT2D eigenvalue weighted by atomic mass is 9.78. The highest BCUT2D eigenvalue weighted by Gasteiger charge is 2.71. The van der Waals surface area contributed by atoms with Gasteiger partial charge in [0.15, 0.2) is 0 Å². The van der Waals surface area contributed by atoms with E-state index in [1.54, 1.807) is 9.80 Å². The number of fused-ring (bicyclic) bond motifs is 2. The summed E-state index contributed by atoms with van der Waals surface area (Å²) >= 11 is 1.51. The predicted molar refractivity (Wildman–Crippen MR) is 144 cm³/mol. The van der Waals surface area contributed by atoms with Crippen molar-refractivity contribution in [3.63, 3.8) is 0 Å². The Kier molecular flexibility index (Phi) is 6.61. The fourth-order valence-electron chi connectivity index (χ4n) is 6.43. The third kappa shape index (κ3) is 4.07. The van der Waals surface area contributed by atoms with Crippen LogP contribution in [-0.4, -0.2) is 74.5 Å². The molecule has 4 heterocycles. The first kappa shape index (κ1) is 24.9. The quantitative estimate of drug-likeness (QED) is 0.457. The minimum atomic E-state index is -0.931. The molecule has 6 atom stereocenters. The molecule has 2 amide bonds. The maximum atomic E-state index is 14.4. The smallest absolute Gasteiger partial charge is 0.311 e. The van der Waals surface area contributed by atoms with Gasteiger partial charge in [-0.05, 0) is 17.5 Å². The summed E-state index contributed by atoms with van der Waals surface area (Å²) in [5.41, 5.74) is 1.96. The molecule has 2 aromatic carbocycles. The van der Waals surface area contributed by atoms with Crippen molar-refractivity contribution in [3.05, 3.63) is 96.1 Å². The molecule has 0 bridgehead atoms. The SMILES string of the molecule is O=C1OCC=C[C@H]2S[C@]34C=CCN(Cc5ccccc5)C(=O)C3N([C@@H](CO)Cc3ccccc3)C(=O)[C@@H]4[C@@H]12. The van der Waals surface area contributed by atoms with Gasteiger partial charge in [-0.1, -0.05) is 85.0 Å². The van der Waals surface area contributed by atoms with E-state index in [1.165, 1.54) is 11.8 Å². The number of amides is 2. The first-order chi connectivity index (χ1) is 18.5. The van der Waals surface area contributed by atoms with Crippen molar-refractivity contribution in [1.82, 2.24) is 9.80 Å². The van der Waals surface area contributed by atoms with Crippen LogP contribution in [0.4, 0.5) is 0 Å². The van der Waals surface area contributed by atoms with Gasteiger partial charge in [0.25, 0.3) is 0 Å².